The predicted molar refractivity (Wildman–Crippen MR) is 65.5 cm³/mol. The molecule has 17 heavy (non-hydrogen) atoms. The van der Waals surface area contributed by atoms with E-state index in [4.69, 9.17) is 23.2 Å². The Hall–Kier alpha value is -0.840. The molecule has 1 saturated heterocycles. The molecule has 1 fully saturated rings. The fraction of sp³-hybridized carbons (Fsp3) is 0.455. The number of nitrogens with one attached hydrogen (secondary N) is 1. The molecule has 1 aliphatic heterocycles. The van der Waals surface area contributed by atoms with Gasteiger partial charge in [0.25, 0.3) is 0 Å². The number of halogens is 2. The first-order valence-electron chi connectivity index (χ1n) is 5.27. The van der Waals surface area contributed by atoms with Crippen LogP contribution >= 0.6 is 23.2 Å². The van der Waals surface area contributed by atoms with Crippen molar-refractivity contribution in [2.45, 2.75) is 12.8 Å². The topological polar surface area (TPSA) is 62.2 Å². The molecule has 0 radical (unpaired) electrons. The Morgan fingerprint density at radius 2 is 2.35 bits per heavy atom. The van der Waals surface area contributed by atoms with Crippen molar-refractivity contribution in [2.75, 3.05) is 13.1 Å². The molecule has 1 aliphatic rings. The average molecular weight is 275 g/mol. The highest BCUT2D eigenvalue weighted by atomic mass is 35.5. The van der Waals surface area contributed by atoms with Gasteiger partial charge in [-0.15, -0.1) is 0 Å². The zero-order valence-electron chi connectivity index (χ0n) is 9.04. The highest BCUT2D eigenvalue weighted by Crippen LogP contribution is 2.33. The maximum atomic E-state index is 11.4. The number of carboxylic acid groups (broad SMARTS) is 1. The summed E-state index contributed by atoms with van der Waals surface area (Å²) < 4.78 is 0. The van der Waals surface area contributed by atoms with Crippen LogP contribution in [0.3, 0.4) is 0 Å². The molecular formula is C11H12Cl2N2O2. The first-order valence-corrected chi connectivity index (χ1v) is 6.03. The monoisotopic (exact) mass is 274 g/mol. The maximum absolute atomic E-state index is 11.4. The summed E-state index contributed by atoms with van der Waals surface area (Å²) in [7, 11) is 0. The van der Waals surface area contributed by atoms with E-state index in [-0.39, 0.29) is 0 Å². The van der Waals surface area contributed by atoms with Crippen molar-refractivity contribution in [1.29, 1.82) is 0 Å². The van der Waals surface area contributed by atoms with Gasteiger partial charge < -0.3 is 10.4 Å². The first kappa shape index (κ1) is 12.6. The van der Waals surface area contributed by atoms with Gasteiger partial charge in [-0.05, 0) is 31.0 Å². The Kier molecular flexibility index (Phi) is 3.56. The number of rotatable bonds is 3. The minimum absolute atomic E-state index is 0.313. The number of hydrogen-bond donors (Lipinski definition) is 2. The Labute approximate surface area is 109 Å². The van der Waals surface area contributed by atoms with Crippen LogP contribution in [0.5, 0.6) is 0 Å². The summed E-state index contributed by atoms with van der Waals surface area (Å²) in [6.45, 7) is 1.17. The maximum Gasteiger partial charge on any atom is 0.311 e. The Bertz CT molecular complexity index is 445. The summed E-state index contributed by atoms with van der Waals surface area (Å²) in [5.41, 5.74) is -0.0544. The lowest BCUT2D eigenvalue weighted by Gasteiger charge is -2.23. The molecule has 2 heterocycles. The van der Waals surface area contributed by atoms with Gasteiger partial charge in [-0.1, -0.05) is 23.2 Å². The summed E-state index contributed by atoms with van der Waals surface area (Å²) in [4.78, 5) is 15.3. The number of nitrogens with zero attached hydrogens (tertiary/aromatic N) is 1. The van der Waals surface area contributed by atoms with E-state index >= 15 is 0 Å². The quantitative estimate of drug-likeness (QED) is 0.828. The van der Waals surface area contributed by atoms with Gasteiger partial charge in [0.05, 0.1) is 5.41 Å². The largest absolute Gasteiger partial charge is 0.481 e. The fourth-order valence-electron chi connectivity index (χ4n) is 2.08. The smallest absolute Gasteiger partial charge is 0.311 e. The molecule has 0 amide bonds. The standard InChI is InChI=1S/C11H12Cl2N2O2/c12-8-3-9(13)15-5-7(8)4-11(10(16)17)1-2-14-6-11/h3,5,14H,1-2,4,6H2,(H,16,17). The fourth-order valence-corrected chi connectivity index (χ4v) is 2.52. The van der Waals surface area contributed by atoms with E-state index < -0.39 is 11.4 Å². The molecule has 4 nitrogen and oxygen atoms in total. The van der Waals surface area contributed by atoms with Crippen molar-refractivity contribution in [3.63, 3.8) is 0 Å². The average Bonchev–Trinajstić information content (AvgIpc) is 2.72. The summed E-state index contributed by atoms with van der Waals surface area (Å²) in [6.07, 6.45) is 2.52. The Morgan fingerprint density at radius 1 is 1.59 bits per heavy atom. The lowest BCUT2D eigenvalue weighted by Crippen LogP contribution is -2.35. The van der Waals surface area contributed by atoms with Crippen LogP contribution in [0.1, 0.15) is 12.0 Å². The third kappa shape index (κ3) is 2.54. The number of aliphatic carboxylic acids is 1. The van der Waals surface area contributed by atoms with Gasteiger partial charge in [0.1, 0.15) is 5.15 Å². The SMILES string of the molecule is O=C(O)C1(Cc2cnc(Cl)cc2Cl)CCNC1. The number of carboxylic acids is 1. The Balaban J connectivity index is 2.26. The summed E-state index contributed by atoms with van der Waals surface area (Å²) >= 11 is 11.7. The van der Waals surface area contributed by atoms with E-state index in [0.717, 1.165) is 5.56 Å². The molecule has 0 spiro atoms. The summed E-state index contributed by atoms with van der Waals surface area (Å²) in [5.74, 6) is -0.798. The van der Waals surface area contributed by atoms with E-state index in [0.29, 0.717) is 36.1 Å². The van der Waals surface area contributed by atoms with Crippen LogP contribution in [0.4, 0.5) is 0 Å². The molecule has 0 bridgehead atoms. The van der Waals surface area contributed by atoms with Gasteiger partial charge in [0, 0.05) is 17.8 Å². The Morgan fingerprint density at radius 3 is 2.88 bits per heavy atom. The lowest BCUT2D eigenvalue weighted by molar-refractivity contribution is -0.147. The van der Waals surface area contributed by atoms with E-state index in [1.54, 1.807) is 6.20 Å². The molecule has 1 unspecified atom stereocenters. The van der Waals surface area contributed by atoms with Crippen LogP contribution in [0.25, 0.3) is 0 Å². The van der Waals surface area contributed by atoms with Crippen molar-refractivity contribution in [1.82, 2.24) is 10.3 Å². The zero-order chi connectivity index (χ0) is 12.5. The van der Waals surface area contributed by atoms with Crippen molar-refractivity contribution >= 4 is 29.2 Å². The summed E-state index contributed by atoms with van der Waals surface area (Å²) in [6, 6.07) is 1.54. The number of aromatic nitrogens is 1. The van der Waals surface area contributed by atoms with E-state index in [1.165, 1.54) is 6.07 Å². The highest BCUT2D eigenvalue weighted by molar-refractivity contribution is 6.34. The molecule has 0 aromatic carbocycles. The molecule has 6 heteroatoms. The molecule has 2 N–H and O–H groups in total. The normalized spacial score (nSPS) is 23.9. The molecule has 0 aliphatic carbocycles. The second-order valence-corrected chi connectivity index (χ2v) is 5.08. The van der Waals surface area contributed by atoms with Crippen molar-refractivity contribution in [3.8, 4) is 0 Å². The van der Waals surface area contributed by atoms with Crippen LogP contribution < -0.4 is 5.32 Å². The third-order valence-electron chi connectivity index (χ3n) is 3.12. The van der Waals surface area contributed by atoms with Crippen molar-refractivity contribution < 1.29 is 9.90 Å². The van der Waals surface area contributed by atoms with Gasteiger partial charge in [0.15, 0.2) is 0 Å². The number of hydrogen-bond acceptors (Lipinski definition) is 3. The molecule has 1 atom stereocenters. The van der Waals surface area contributed by atoms with Crippen LogP contribution in [-0.4, -0.2) is 29.1 Å². The second kappa shape index (κ2) is 4.80. The first-order chi connectivity index (χ1) is 8.03. The second-order valence-electron chi connectivity index (χ2n) is 4.29. The van der Waals surface area contributed by atoms with Crippen LogP contribution in [0, 0.1) is 5.41 Å². The zero-order valence-corrected chi connectivity index (χ0v) is 10.6. The predicted octanol–water partition coefficient (Wildman–Crippen LogP) is 2.00. The van der Waals surface area contributed by atoms with Crippen LogP contribution in [0.2, 0.25) is 10.2 Å². The third-order valence-corrected chi connectivity index (χ3v) is 3.68. The van der Waals surface area contributed by atoms with Gasteiger partial charge >= 0.3 is 5.97 Å². The van der Waals surface area contributed by atoms with Crippen molar-refractivity contribution in [3.05, 3.63) is 28.0 Å². The molecule has 1 aromatic rings. The van der Waals surface area contributed by atoms with Gasteiger partial charge in [-0.25, -0.2) is 4.98 Å². The van der Waals surface area contributed by atoms with E-state index in [9.17, 15) is 9.90 Å². The van der Waals surface area contributed by atoms with E-state index in [2.05, 4.69) is 10.3 Å². The van der Waals surface area contributed by atoms with E-state index in [1.807, 2.05) is 0 Å². The minimum atomic E-state index is -0.798. The molecule has 1 aromatic heterocycles. The van der Waals surface area contributed by atoms with Crippen molar-refractivity contribution in [2.24, 2.45) is 5.41 Å². The highest BCUT2D eigenvalue weighted by Gasteiger charge is 2.41. The summed E-state index contributed by atoms with van der Waals surface area (Å²) in [5, 5.41) is 13.2. The molecule has 92 valence electrons. The number of pyridine rings is 1. The van der Waals surface area contributed by atoms with Gasteiger partial charge in [-0.2, -0.15) is 0 Å². The molecule has 0 saturated carbocycles. The minimum Gasteiger partial charge on any atom is -0.481 e. The molecular weight excluding hydrogens is 263 g/mol. The number of carbonyl (C=O) groups is 1. The molecule has 2 rings (SSSR count). The lowest BCUT2D eigenvalue weighted by atomic mass is 9.81. The van der Waals surface area contributed by atoms with Gasteiger partial charge in [-0.3, -0.25) is 4.79 Å². The van der Waals surface area contributed by atoms with Gasteiger partial charge in [0.2, 0.25) is 0 Å². The van der Waals surface area contributed by atoms with Crippen LogP contribution in [-0.2, 0) is 11.2 Å². The van der Waals surface area contributed by atoms with Crippen LogP contribution in [0.15, 0.2) is 12.3 Å².